The van der Waals surface area contributed by atoms with Crippen LogP contribution in [-0.4, -0.2) is 37.1 Å². The van der Waals surface area contributed by atoms with Crippen LogP contribution in [0.2, 0.25) is 0 Å². The van der Waals surface area contributed by atoms with E-state index in [0.717, 1.165) is 11.4 Å². The topological polar surface area (TPSA) is 128 Å². The summed E-state index contributed by atoms with van der Waals surface area (Å²) in [6.45, 7) is 2.51. The molecule has 9 nitrogen and oxygen atoms in total. The van der Waals surface area contributed by atoms with Gasteiger partial charge in [0.1, 0.15) is 11.4 Å². The molecule has 0 saturated heterocycles. The maximum Gasteiger partial charge on any atom is 0.193 e. The number of benzene rings is 1. The van der Waals surface area contributed by atoms with E-state index in [1.54, 1.807) is 38.4 Å². The number of hydrogen-bond donors (Lipinski definition) is 1. The van der Waals surface area contributed by atoms with E-state index >= 15 is 0 Å². The first-order valence-electron chi connectivity index (χ1n) is 9.67. The molecule has 0 radical (unpaired) electrons. The summed E-state index contributed by atoms with van der Waals surface area (Å²) in [6, 6.07) is 12.9. The van der Waals surface area contributed by atoms with Crippen LogP contribution in [0.25, 0.3) is 22.8 Å². The molecule has 4 rings (SSSR count). The second-order valence-electron chi connectivity index (χ2n) is 7.04. The maximum atomic E-state index is 14.8. The van der Waals surface area contributed by atoms with E-state index in [0.29, 0.717) is 29.8 Å². The molecule has 0 bridgehead atoms. The Kier molecular flexibility index (Phi) is 5.83. The number of nitriles is 1. The molecule has 3 aromatic heterocycles. The van der Waals surface area contributed by atoms with Gasteiger partial charge in [-0.25, -0.2) is 19.0 Å². The molecule has 0 amide bonds. The van der Waals surface area contributed by atoms with Crippen molar-refractivity contribution in [3.63, 3.8) is 0 Å². The zero-order valence-electron chi connectivity index (χ0n) is 17.4. The Bertz CT molecular complexity index is 1330. The number of nitrogens with two attached hydrogens (primary N) is 1. The van der Waals surface area contributed by atoms with Gasteiger partial charge < -0.3 is 10.5 Å². The van der Waals surface area contributed by atoms with Gasteiger partial charge in [-0.05, 0) is 30.7 Å². The Morgan fingerprint density at radius 2 is 1.91 bits per heavy atom. The summed E-state index contributed by atoms with van der Waals surface area (Å²) < 4.78 is 21.4. The fourth-order valence-corrected chi connectivity index (χ4v) is 3.25. The first-order chi connectivity index (χ1) is 15.5. The Morgan fingerprint density at radius 3 is 2.69 bits per heavy atom. The number of anilines is 1. The van der Waals surface area contributed by atoms with Crippen molar-refractivity contribution in [3.8, 4) is 28.8 Å². The molecule has 1 aromatic carbocycles. The van der Waals surface area contributed by atoms with Crippen LogP contribution in [0.1, 0.15) is 22.5 Å². The number of ether oxygens (including phenoxy) is 1. The third-order valence-corrected chi connectivity index (χ3v) is 4.83. The third kappa shape index (κ3) is 4.14. The molecule has 0 aliphatic heterocycles. The summed E-state index contributed by atoms with van der Waals surface area (Å²) in [7, 11) is 1.60. The summed E-state index contributed by atoms with van der Waals surface area (Å²) in [5, 5.41) is 17.4. The van der Waals surface area contributed by atoms with E-state index in [2.05, 4.69) is 31.3 Å². The number of nitrogen functional groups attached to an aromatic ring is 1. The van der Waals surface area contributed by atoms with Crippen LogP contribution < -0.4 is 5.73 Å². The largest absolute Gasteiger partial charge is 0.381 e. The molecular formula is C22H19FN8O. The van der Waals surface area contributed by atoms with E-state index in [9.17, 15) is 9.65 Å². The highest BCUT2D eigenvalue weighted by molar-refractivity contribution is 5.69. The Hall–Kier alpha value is -4.23. The third-order valence-electron chi connectivity index (χ3n) is 4.83. The van der Waals surface area contributed by atoms with Crippen LogP contribution in [0.5, 0.6) is 0 Å². The van der Waals surface area contributed by atoms with Crippen molar-refractivity contribution in [1.82, 2.24) is 29.9 Å². The fourth-order valence-electron chi connectivity index (χ4n) is 3.25. The number of methoxy groups -OCH3 is 1. The molecule has 32 heavy (non-hydrogen) atoms. The molecule has 160 valence electrons. The predicted octanol–water partition coefficient (Wildman–Crippen LogP) is 2.89. The van der Waals surface area contributed by atoms with Gasteiger partial charge in [0.2, 0.25) is 0 Å². The molecule has 10 heteroatoms. The van der Waals surface area contributed by atoms with E-state index in [1.807, 2.05) is 18.2 Å². The van der Waals surface area contributed by atoms with Crippen LogP contribution in [0.15, 0.2) is 42.6 Å². The highest BCUT2D eigenvalue weighted by Crippen LogP contribution is 2.28. The lowest BCUT2D eigenvalue weighted by Crippen LogP contribution is -2.05. The zero-order valence-corrected chi connectivity index (χ0v) is 17.4. The quantitative estimate of drug-likeness (QED) is 0.494. The molecule has 0 aliphatic carbocycles. The van der Waals surface area contributed by atoms with Gasteiger partial charge in [-0.3, -0.25) is 4.98 Å². The highest BCUT2D eigenvalue weighted by atomic mass is 19.1. The SMILES string of the molecule is COCc1cccc(Cn2cc(-c3nc(-c4cccc(C#N)c4C)nc(N)c3F)nn2)n1. The van der Waals surface area contributed by atoms with E-state index < -0.39 is 5.82 Å². The lowest BCUT2D eigenvalue weighted by Gasteiger charge is -2.09. The summed E-state index contributed by atoms with van der Waals surface area (Å²) in [5.41, 5.74) is 9.25. The number of aromatic nitrogens is 6. The fraction of sp³-hybridized carbons (Fsp3) is 0.182. The van der Waals surface area contributed by atoms with Crippen LogP contribution in [0, 0.1) is 24.1 Å². The maximum absolute atomic E-state index is 14.8. The van der Waals surface area contributed by atoms with Gasteiger partial charge in [0.15, 0.2) is 17.5 Å². The molecule has 0 aliphatic rings. The molecule has 0 spiro atoms. The standard InChI is InChI=1S/C22H19FN8O/c1-13-14(9-24)5-3-8-17(13)22-27-20(19(23)21(25)28-22)18-11-31(30-29-18)10-15-6-4-7-16(26-15)12-32-2/h3-8,11H,10,12H2,1-2H3,(H2,25,27,28). The number of pyridine rings is 1. The number of nitrogens with zero attached hydrogens (tertiary/aromatic N) is 7. The minimum Gasteiger partial charge on any atom is -0.381 e. The minimum atomic E-state index is -0.782. The van der Waals surface area contributed by atoms with Crippen molar-refractivity contribution in [2.45, 2.75) is 20.1 Å². The van der Waals surface area contributed by atoms with Gasteiger partial charge in [0.25, 0.3) is 0 Å². The van der Waals surface area contributed by atoms with Crippen molar-refractivity contribution >= 4 is 5.82 Å². The van der Waals surface area contributed by atoms with Crippen molar-refractivity contribution in [1.29, 1.82) is 5.26 Å². The molecule has 4 aromatic rings. The van der Waals surface area contributed by atoms with Crippen molar-refractivity contribution in [2.75, 3.05) is 12.8 Å². The number of hydrogen-bond acceptors (Lipinski definition) is 8. The van der Waals surface area contributed by atoms with Gasteiger partial charge in [-0.2, -0.15) is 5.26 Å². The first kappa shape index (κ1) is 21.0. The molecule has 0 fully saturated rings. The number of rotatable bonds is 6. The van der Waals surface area contributed by atoms with Crippen molar-refractivity contribution in [2.24, 2.45) is 0 Å². The molecule has 0 saturated carbocycles. The lowest BCUT2D eigenvalue weighted by molar-refractivity contribution is 0.181. The average Bonchev–Trinajstić information content (AvgIpc) is 3.24. The second-order valence-corrected chi connectivity index (χ2v) is 7.04. The van der Waals surface area contributed by atoms with Crippen molar-refractivity contribution < 1.29 is 9.13 Å². The summed E-state index contributed by atoms with van der Waals surface area (Å²) >= 11 is 0. The van der Waals surface area contributed by atoms with E-state index in [4.69, 9.17) is 10.5 Å². The zero-order chi connectivity index (χ0) is 22.7. The molecule has 2 N–H and O–H groups in total. The lowest BCUT2D eigenvalue weighted by atomic mass is 10.0. The van der Waals surface area contributed by atoms with Crippen molar-refractivity contribution in [3.05, 3.63) is 70.9 Å². The van der Waals surface area contributed by atoms with Gasteiger partial charge in [0, 0.05) is 12.7 Å². The molecule has 0 atom stereocenters. The summed E-state index contributed by atoms with van der Waals surface area (Å²) in [4.78, 5) is 12.9. The summed E-state index contributed by atoms with van der Waals surface area (Å²) in [5.74, 6) is -0.887. The average molecular weight is 430 g/mol. The predicted molar refractivity (Wildman–Crippen MR) is 114 cm³/mol. The van der Waals surface area contributed by atoms with Gasteiger partial charge in [-0.15, -0.1) is 5.10 Å². The van der Waals surface area contributed by atoms with Crippen LogP contribution in [-0.2, 0) is 17.9 Å². The van der Waals surface area contributed by atoms with Gasteiger partial charge in [0.05, 0.1) is 42.4 Å². The van der Waals surface area contributed by atoms with E-state index in [1.165, 1.54) is 4.68 Å². The highest BCUT2D eigenvalue weighted by Gasteiger charge is 2.19. The molecule has 3 heterocycles. The monoisotopic (exact) mass is 430 g/mol. The van der Waals surface area contributed by atoms with Gasteiger partial charge in [-0.1, -0.05) is 23.4 Å². The first-order valence-corrected chi connectivity index (χ1v) is 9.67. The Morgan fingerprint density at radius 1 is 1.12 bits per heavy atom. The molecular weight excluding hydrogens is 411 g/mol. The smallest absolute Gasteiger partial charge is 0.193 e. The van der Waals surface area contributed by atoms with Gasteiger partial charge >= 0.3 is 0 Å². The van der Waals surface area contributed by atoms with Crippen LogP contribution in [0.3, 0.4) is 0 Å². The minimum absolute atomic E-state index is 0.0680. The van der Waals surface area contributed by atoms with Crippen LogP contribution in [0.4, 0.5) is 10.2 Å². The van der Waals surface area contributed by atoms with Crippen LogP contribution >= 0.6 is 0 Å². The second kappa shape index (κ2) is 8.87. The molecule has 0 unspecified atom stereocenters. The Labute approximate surface area is 183 Å². The number of halogens is 1. The normalized spacial score (nSPS) is 10.8. The summed E-state index contributed by atoms with van der Waals surface area (Å²) in [6.07, 6.45) is 1.57. The Balaban J connectivity index is 1.69. The van der Waals surface area contributed by atoms with E-state index in [-0.39, 0.29) is 23.0 Å².